The summed E-state index contributed by atoms with van der Waals surface area (Å²) >= 11 is 1.30. The molecule has 0 atom stereocenters. The predicted octanol–water partition coefficient (Wildman–Crippen LogP) is 4.32. The number of para-hydroxylation sites is 1. The SMILES string of the molecule is O=C(Cc1cnn(-c2ccccc2)c1)Nc1nc(-c2cccc(F)c2)cs1. The van der Waals surface area contributed by atoms with Crippen LogP contribution in [0, 0.1) is 5.82 Å². The van der Waals surface area contributed by atoms with E-state index in [1.165, 1.54) is 23.5 Å². The van der Waals surface area contributed by atoms with E-state index >= 15 is 0 Å². The smallest absolute Gasteiger partial charge is 0.230 e. The van der Waals surface area contributed by atoms with Crippen LogP contribution in [0.4, 0.5) is 9.52 Å². The van der Waals surface area contributed by atoms with E-state index in [9.17, 15) is 9.18 Å². The first-order valence-electron chi connectivity index (χ1n) is 8.28. The Morgan fingerprint density at radius 1 is 1.15 bits per heavy atom. The van der Waals surface area contributed by atoms with Crippen molar-refractivity contribution in [3.8, 4) is 16.9 Å². The third-order valence-electron chi connectivity index (χ3n) is 3.89. The lowest BCUT2D eigenvalue weighted by Gasteiger charge is -2.01. The van der Waals surface area contributed by atoms with Gasteiger partial charge in [-0.25, -0.2) is 14.1 Å². The van der Waals surface area contributed by atoms with Crippen LogP contribution in [0.2, 0.25) is 0 Å². The van der Waals surface area contributed by atoms with Crippen LogP contribution >= 0.6 is 11.3 Å². The van der Waals surface area contributed by atoms with Gasteiger partial charge in [-0.3, -0.25) is 4.79 Å². The maximum absolute atomic E-state index is 13.3. The molecule has 7 heteroatoms. The van der Waals surface area contributed by atoms with Gasteiger partial charge in [0.25, 0.3) is 0 Å². The summed E-state index contributed by atoms with van der Waals surface area (Å²) in [4.78, 5) is 16.6. The van der Waals surface area contributed by atoms with Crippen molar-refractivity contribution in [2.24, 2.45) is 0 Å². The molecule has 0 saturated heterocycles. The lowest BCUT2D eigenvalue weighted by atomic mass is 10.2. The van der Waals surface area contributed by atoms with Crippen LogP contribution < -0.4 is 5.32 Å². The third kappa shape index (κ3) is 4.09. The number of nitrogens with one attached hydrogen (secondary N) is 1. The number of benzene rings is 2. The minimum atomic E-state index is -0.318. The quantitative estimate of drug-likeness (QED) is 0.563. The van der Waals surface area contributed by atoms with Gasteiger partial charge >= 0.3 is 0 Å². The molecule has 4 aromatic rings. The molecule has 0 aliphatic carbocycles. The fourth-order valence-electron chi connectivity index (χ4n) is 2.63. The lowest BCUT2D eigenvalue weighted by Crippen LogP contribution is -2.13. The largest absolute Gasteiger partial charge is 0.302 e. The Balaban J connectivity index is 1.41. The van der Waals surface area contributed by atoms with E-state index < -0.39 is 0 Å². The first kappa shape index (κ1) is 17.1. The summed E-state index contributed by atoms with van der Waals surface area (Å²) in [5.41, 5.74) is 3.05. The van der Waals surface area contributed by atoms with Gasteiger partial charge in [0, 0.05) is 17.1 Å². The molecule has 2 heterocycles. The number of amides is 1. The summed E-state index contributed by atoms with van der Waals surface area (Å²) in [5.74, 6) is -0.496. The van der Waals surface area contributed by atoms with Gasteiger partial charge in [-0.2, -0.15) is 5.10 Å². The first-order valence-corrected chi connectivity index (χ1v) is 9.15. The Kier molecular flexibility index (Phi) is 4.76. The molecule has 0 aliphatic heterocycles. The van der Waals surface area contributed by atoms with E-state index in [2.05, 4.69) is 15.4 Å². The zero-order valence-electron chi connectivity index (χ0n) is 14.2. The van der Waals surface area contributed by atoms with Crippen molar-refractivity contribution in [1.82, 2.24) is 14.8 Å². The van der Waals surface area contributed by atoms with E-state index in [4.69, 9.17) is 0 Å². The second-order valence-corrected chi connectivity index (χ2v) is 6.76. The molecule has 2 aromatic heterocycles. The highest BCUT2D eigenvalue weighted by Gasteiger charge is 2.11. The maximum Gasteiger partial charge on any atom is 0.230 e. The average molecular weight is 378 g/mol. The second kappa shape index (κ2) is 7.51. The molecular formula is C20H15FN4OS. The normalized spacial score (nSPS) is 10.7. The Bertz CT molecular complexity index is 1070. The molecule has 134 valence electrons. The number of hydrogen-bond donors (Lipinski definition) is 1. The van der Waals surface area contributed by atoms with Gasteiger partial charge in [0.2, 0.25) is 5.91 Å². The van der Waals surface area contributed by atoms with Crippen LogP contribution in [0.25, 0.3) is 16.9 Å². The number of hydrogen-bond acceptors (Lipinski definition) is 4. The van der Waals surface area contributed by atoms with Gasteiger partial charge in [0.1, 0.15) is 5.82 Å². The minimum Gasteiger partial charge on any atom is -0.302 e. The van der Waals surface area contributed by atoms with Crippen molar-refractivity contribution in [3.05, 3.63) is 83.8 Å². The highest BCUT2D eigenvalue weighted by Crippen LogP contribution is 2.25. The zero-order valence-corrected chi connectivity index (χ0v) is 15.0. The van der Waals surface area contributed by atoms with E-state index in [1.807, 2.05) is 36.5 Å². The Labute approximate surface area is 159 Å². The molecule has 0 bridgehead atoms. The molecule has 0 unspecified atom stereocenters. The van der Waals surface area contributed by atoms with Gasteiger partial charge in [0.15, 0.2) is 5.13 Å². The van der Waals surface area contributed by atoms with E-state index in [0.29, 0.717) is 16.4 Å². The number of carbonyl (C=O) groups excluding carboxylic acids is 1. The summed E-state index contributed by atoms with van der Waals surface area (Å²) in [7, 11) is 0. The third-order valence-corrected chi connectivity index (χ3v) is 4.65. The molecule has 1 N–H and O–H groups in total. The number of carbonyl (C=O) groups is 1. The van der Waals surface area contributed by atoms with Crippen molar-refractivity contribution in [1.29, 1.82) is 0 Å². The standard InChI is InChI=1S/C20H15FN4OS/c21-16-6-4-5-15(10-16)18-13-27-20(23-18)24-19(26)9-14-11-22-25(12-14)17-7-2-1-3-8-17/h1-8,10-13H,9H2,(H,23,24,26). The lowest BCUT2D eigenvalue weighted by molar-refractivity contribution is -0.115. The fraction of sp³-hybridized carbons (Fsp3) is 0.0500. The van der Waals surface area contributed by atoms with Gasteiger partial charge in [-0.05, 0) is 29.8 Å². The second-order valence-electron chi connectivity index (χ2n) is 5.90. The van der Waals surface area contributed by atoms with Crippen LogP contribution in [-0.2, 0) is 11.2 Å². The highest BCUT2D eigenvalue weighted by molar-refractivity contribution is 7.14. The van der Waals surface area contributed by atoms with Crippen LogP contribution in [0.15, 0.2) is 72.4 Å². The summed E-state index contributed by atoms with van der Waals surface area (Å²) in [5, 5.41) is 9.34. The van der Waals surface area contributed by atoms with Gasteiger partial charge < -0.3 is 5.32 Å². The number of rotatable bonds is 5. The first-order chi connectivity index (χ1) is 13.2. The number of anilines is 1. The summed E-state index contributed by atoms with van der Waals surface area (Å²) in [6, 6.07) is 15.9. The topological polar surface area (TPSA) is 59.8 Å². The van der Waals surface area contributed by atoms with E-state index in [0.717, 1.165) is 11.3 Å². The molecule has 0 fully saturated rings. The molecule has 0 radical (unpaired) electrons. The van der Waals surface area contributed by atoms with Gasteiger partial charge in [-0.15, -0.1) is 11.3 Å². The fourth-order valence-corrected chi connectivity index (χ4v) is 3.37. The Morgan fingerprint density at radius 3 is 2.81 bits per heavy atom. The summed E-state index contributed by atoms with van der Waals surface area (Å²) in [6.07, 6.45) is 3.70. The number of halogens is 1. The number of thiazole rings is 1. The molecule has 5 nitrogen and oxygen atoms in total. The van der Waals surface area contributed by atoms with E-state index in [-0.39, 0.29) is 18.1 Å². The van der Waals surface area contributed by atoms with Crippen molar-refractivity contribution >= 4 is 22.4 Å². The molecule has 27 heavy (non-hydrogen) atoms. The van der Waals surface area contributed by atoms with Crippen LogP contribution in [-0.4, -0.2) is 20.7 Å². The molecule has 1 amide bonds. The maximum atomic E-state index is 13.3. The molecular weight excluding hydrogens is 363 g/mol. The van der Waals surface area contributed by atoms with Crippen molar-refractivity contribution in [3.63, 3.8) is 0 Å². The van der Waals surface area contributed by atoms with Crippen LogP contribution in [0.1, 0.15) is 5.56 Å². The Hall–Kier alpha value is -3.32. The molecule has 2 aromatic carbocycles. The van der Waals surface area contributed by atoms with E-state index in [1.54, 1.807) is 28.4 Å². The molecule has 0 spiro atoms. The predicted molar refractivity (Wildman–Crippen MR) is 103 cm³/mol. The minimum absolute atomic E-state index is 0.178. The summed E-state index contributed by atoms with van der Waals surface area (Å²) in [6.45, 7) is 0. The van der Waals surface area contributed by atoms with Crippen molar-refractivity contribution < 1.29 is 9.18 Å². The highest BCUT2D eigenvalue weighted by atomic mass is 32.1. The Morgan fingerprint density at radius 2 is 2.00 bits per heavy atom. The van der Waals surface area contributed by atoms with Crippen LogP contribution in [0.3, 0.4) is 0 Å². The van der Waals surface area contributed by atoms with Crippen LogP contribution in [0.5, 0.6) is 0 Å². The zero-order chi connectivity index (χ0) is 18.6. The van der Waals surface area contributed by atoms with Crippen molar-refractivity contribution in [2.45, 2.75) is 6.42 Å². The average Bonchev–Trinajstić information content (AvgIpc) is 3.32. The van der Waals surface area contributed by atoms with Crippen molar-refractivity contribution in [2.75, 3.05) is 5.32 Å². The molecule has 0 saturated carbocycles. The summed E-state index contributed by atoms with van der Waals surface area (Å²) < 4.78 is 15.1. The molecule has 0 aliphatic rings. The monoisotopic (exact) mass is 378 g/mol. The van der Waals surface area contributed by atoms with Gasteiger partial charge in [0.05, 0.1) is 24.0 Å². The number of nitrogens with zero attached hydrogens (tertiary/aromatic N) is 3. The van der Waals surface area contributed by atoms with Gasteiger partial charge in [-0.1, -0.05) is 30.3 Å². The molecule has 4 rings (SSSR count). The number of aromatic nitrogens is 3.